The molecule has 2 N–H and O–H groups in total. The van der Waals surface area contributed by atoms with Gasteiger partial charge in [0.1, 0.15) is 11.4 Å². The molecule has 0 aliphatic carbocycles. The van der Waals surface area contributed by atoms with Crippen molar-refractivity contribution in [2.24, 2.45) is 7.05 Å². The molecule has 3 heterocycles. The van der Waals surface area contributed by atoms with E-state index >= 15 is 0 Å². The number of carbonyl (C=O) groups excluding carboxylic acids is 1. The van der Waals surface area contributed by atoms with Crippen LogP contribution < -0.4 is 10.7 Å². The first-order valence-corrected chi connectivity index (χ1v) is 11.7. The smallest absolute Gasteiger partial charge is 0.411 e. The van der Waals surface area contributed by atoms with E-state index in [1.807, 2.05) is 13.1 Å². The van der Waals surface area contributed by atoms with Gasteiger partial charge >= 0.3 is 12.2 Å². The molecule has 0 spiro atoms. The second kappa shape index (κ2) is 11.5. The summed E-state index contributed by atoms with van der Waals surface area (Å²) in [6.45, 7) is 3.32. The maximum Gasteiger partial charge on any atom is 0.411 e. The van der Waals surface area contributed by atoms with E-state index in [1.54, 1.807) is 46.2 Å². The quantitative estimate of drug-likeness (QED) is 0.452. The van der Waals surface area contributed by atoms with E-state index in [0.29, 0.717) is 50.4 Å². The van der Waals surface area contributed by atoms with Crippen LogP contribution in [0.5, 0.6) is 0 Å². The van der Waals surface area contributed by atoms with Gasteiger partial charge in [-0.1, -0.05) is 12.1 Å². The molecular weight excluding hydrogens is 466 g/mol. The zero-order chi connectivity index (χ0) is 25.5. The van der Waals surface area contributed by atoms with Crippen molar-refractivity contribution in [2.45, 2.75) is 12.8 Å². The molecule has 1 aliphatic heterocycles. The van der Waals surface area contributed by atoms with Crippen molar-refractivity contribution in [3.8, 4) is 5.69 Å². The molecule has 1 saturated heterocycles. The molecule has 12 nitrogen and oxygen atoms in total. The van der Waals surface area contributed by atoms with Gasteiger partial charge in [-0.25, -0.2) is 14.3 Å². The first-order chi connectivity index (χ1) is 17.4. The summed E-state index contributed by atoms with van der Waals surface area (Å²) in [5.74, 6) is 0. The second-order valence-electron chi connectivity index (χ2n) is 8.55. The molecule has 2 aromatic heterocycles. The summed E-state index contributed by atoms with van der Waals surface area (Å²) < 4.78 is 8.55. The molecule has 0 atom stereocenters. The summed E-state index contributed by atoms with van der Waals surface area (Å²) in [6.07, 6.45) is 4.59. The van der Waals surface area contributed by atoms with Gasteiger partial charge in [0.2, 0.25) is 5.43 Å². The number of aromatic nitrogens is 4. The Morgan fingerprint density at radius 3 is 2.69 bits per heavy atom. The highest BCUT2D eigenvalue weighted by atomic mass is 16.5. The molecule has 36 heavy (non-hydrogen) atoms. The third-order valence-corrected chi connectivity index (χ3v) is 5.88. The molecule has 2 amide bonds. The zero-order valence-electron chi connectivity index (χ0n) is 20.0. The van der Waals surface area contributed by atoms with Gasteiger partial charge in [-0.3, -0.25) is 19.7 Å². The van der Waals surface area contributed by atoms with Crippen LogP contribution in [-0.2, 0) is 18.2 Å². The third kappa shape index (κ3) is 6.69. The normalized spacial score (nSPS) is 14.0. The number of piperazine rings is 1. The molecule has 1 aromatic carbocycles. The van der Waals surface area contributed by atoms with Crippen LogP contribution in [0.25, 0.3) is 5.69 Å². The summed E-state index contributed by atoms with van der Waals surface area (Å²) in [7, 11) is 1.81. The first-order valence-electron chi connectivity index (χ1n) is 11.7. The van der Waals surface area contributed by atoms with E-state index in [-0.39, 0.29) is 12.0 Å². The number of ether oxygens (including phenoxy) is 1. The van der Waals surface area contributed by atoms with Crippen molar-refractivity contribution in [1.82, 2.24) is 29.4 Å². The predicted octanol–water partition coefficient (Wildman–Crippen LogP) is 1.79. The van der Waals surface area contributed by atoms with Crippen molar-refractivity contribution in [2.75, 3.05) is 44.6 Å². The van der Waals surface area contributed by atoms with E-state index in [0.717, 1.165) is 17.8 Å². The number of benzene rings is 1. The minimum absolute atomic E-state index is 0.169. The Morgan fingerprint density at radius 2 is 1.97 bits per heavy atom. The fourth-order valence-corrected chi connectivity index (χ4v) is 3.96. The Hall–Kier alpha value is -4.19. The van der Waals surface area contributed by atoms with Crippen LogP contribution in [0.3, 0.4) is 0 Å². The Bertz CT molecular complexity index is 1260. The third-order valence-electron chi connectivity index (χ3n) is 5.88. The number of nitrogens with zero attached hydrogens (tertiary/aromatic N) is 6. The summed E-state index contributed by atoms with van der Waals surface area (Å²) in [5, 5.41) is 20.3. The van der Waals surface area contributed by atoms with Crippen molar-refractivity contribution in [3.63, 3.8) is 0 Å². The fourth-order valence-electron chi connectivity index (χ4n) is 3.96. The number of hydrogen-bond acceptors (Lipinski definition) is 7. The first kappa shape index (κ1) is 24.9. The van der Waals surface area contributed by atoms with Crippen molar-refractivity contribution in [1.29, 1.82) is 0 Å². The van der Waals surface area contributed by atoms with E-state index < -0.39 is 12.2 Å². The summed E-state index contributed by atoms with van der Waals surface area (Å²) in [6, 6.07) is 8.67. The minimum atomic E-state index is -0.888. The van der Waals surface area contributed by atoms with Crippen LogP contribution in [-0.4, -0.2) is 86.0 Å². The molecule has 12 heteroatoms. The van der Waals surface area contributed by atoms with Crippen LogP contribution in [0.1, 0.15) is 17.7 Å². The number of carboxylic acid groups (broad SMARTS) is 1. The number of nitrogens with one attached hydrogen (secondary N) is 1. The van der Waals surface area contributed by atoms with E-state index in [9.17, 15) is 14.4 Å². The number of rotatable bonds is 8. The van der Waals surface area contributed by atoms with Gasteiger partial charge in [0, 0.05) is 64.1 Å². The highest BCUT2D eigenvalue weighted by molar-refractivity contribution is 5.84. The maximum absolute atomic E-state index is 12.4. The van der Waals surface area contributed by atoms with Crippen LogP contribution >= 0.6 is 0 Å². The van der Waals surface area contributed by atoms with Crippen LogP contribution in [0.15, 0.2) is 53.7 Å². The van der Waals surface area contributed by atoms with Crippen LogP contribution in [0.4, 0.5) is 15.3 Å². The Labute approximate surface area is 207 Å². The maximum atomic E-state index is 12.4. The molecule has 3 aromatic rings. The number of hydrogen-bond donors (Lipinski definition) is 2. The fraction of sp³-hybridized carbons (Fsp3) is 0.375. The highest BCUT2D eigenvalue weighted by Crippen LogP contribution is 2.14. The molecule has 0 saturated carbocycles. The molecule has 190 valence electrons. The zero-order valence-corrected chi connectivity index (χ0v) is 20.0. The van der Waals surface area contributed by atoms with Gasteiger partial charge in [-0.15, -0.1) is 0 Å². The minimum Gasteiger partial charge on any atom is -0.465 e. The SMILES string of the molecule is Cn1cc(-n2ccc(=O)c(Cc3cccc(NC(=O)OCCCN4CCN(C(=O)O)CC4)c3)n2)cn1. The largest absolute Gasteiger partial charge is 0.465 e. The van der Waals surface area contributed by atoms with Crippen molar-refractivity contribution < 1.29 is 19.4 Å². The Balaban J connectivity index is 1.25. The lowest BCUT2D eigenvalue weighted by Crippen LogP contribution is -2.48. The topological polar surface area (TPSA) is 135 Å². The van der Waals surface area contributed by atoms with Gasteiger partial charge in [-0.2, -0.15) is 10.2 Å². The van der Waals surface area contributed by atoms with Gasteiger partial charge in [0.25, 0.3) is 0 Å². The van der Waals surface area contributed by atoms with E-state index in [2.05, 4.69) is 20.4 Å². The highest BCUT2D eigenvalue weighted by Gasteiger charge is 2.19. The second-order valence-corrected chi connectivity index (χ2v) is 8.55. The Morgan fingerprint density at radius 1 is 1.17 bits per heavy atom. The molecule has 4 rings (SSSR count). The predicted molar refractivity (Wildman–Crippen MR) is 131 cm³/mol. The van der Waals surface area contributed by atoms with Gasteiger partial charge < -0.3 is 14.7 Å². The Kier molecular flexibility index (Phi) is 7.95. The number of anilines is 1. The molecular formula is C24H29N7O5. The molecule has 0 radical (unpaired) electrons. The van der Waals surface area contributed by atoms with Crippen LogP contribution in [0, 0.1) is 0 Å². The van der Waals surface area contributed by atoms with Gasteiger partial charge in [0.15, 0.2) is 0 Å². The lowest BCUT2D eigenvalue weighted by Gasteiger charge is -2.32. The van der Waals surface area contributed by atoms with Gasteiger partial charge in [-0.05, 0) is 24.1 Å². The number of amides is 2. The number of aryl methyl sites for hydroxylation is 1. The average Bonchev–Trinajstić information content (AvgIpc) is 3.30. The van der Waals surface area contributed by atoms with Crippen molar-refractivity contribution >= 4 is 17.9 Å². The molecule has 1 fully saturated rings. The van der Waals surface area contributed by atoms with E-state index in [4.69, 9.17) is 9.84 Å². The standard InChI is InChI=1S/C24H29N7O5/c1-28-17-20(16-25-28)31-8-6-22(32)21(27-31)15-18-4-2-5-19(14-18)26-23(33)36-13-3-7-29-9-11-30(12-10-29)24(34)35/h2,4-6,8,14,16-17H,3,7,9-13,15H2,1H3,(H,26,33)(H,34,35). The summed E-state index contributed by atoms with van der Waals surface area (Å²) in [4.78, 5) is 39.1. The summed E-state index contributed by atoms with van der Waals surface area (Å²) >= 11 is 0. The molecule has 0 unspecified atom stereocenters. The van der Waals surface area contributed by atoms with Crippen LogP contribution in [0.2, 0.25) is 0 Å². The lowest BCUT2D eigenvalue weighted by atomic mass is 10.1. The lowest BCUT2D eigenvalue weighted by molar-refractivity contribution is 0.0997. The molecule has 0 bridgehead atoms. The molecule has 1 aliphatic rings. The van der Waals surface area contributed by atoms with E-state index in [1.165, 1.54) is 11.0 Å². The van der Waals surface area contributed by atoms with Crippen molar-refractivity contribution in [3.05, 3.63) is 70.4 Å². The average molecular weight is 496 g/mol. The summed E-state index contributed by atoms with van der Waals surface area (Å²) in [5.41, 5.74) is 2.34. The number of carbonyl (C=O) groups is 2. The monoisotopic (exact) mass is 495 g/mol. The van der Waals surface area contributed by atoms with Gasteiger partial charge in [0.05, 0.1) is 19.0 Å².